The SMILES string of the molecule is O=S1(=O)CCC(NCC(O)COCc2ccco2)C1. The van der Waals surface area contributed by atoms with Gasteiger partial charge in [0.25, 0.3) is 0 Å². The number of rotatable bonds is 7. The number of sulfone groups is 1. The molecule has 7 heteroatoms. The van der Waals surface area contributed by atoms with Crippen LogP contribution < -0.4 is 5.32 Å². The van der Waals surface area contributed by atoms with E-state index in [4.69, 9.17) is 9.15 Å². The van der Waals surface area contributed by atoms with Crippen molar-refractivity contribution in [2.45, 2.75) is 25.2 Å². The lowest BCUT2D eigenvalue weighted by Crippen LogP contribution is -2.38. The molecule has 1 aromatic rings. The van der Waals surface area contributed by atoms with Crippen molar-refractivity contribution in [1.82, 2.24) is 5.32 Å². The maximum absolute atomic E-state index is 11.3. The molecule has 1 aliphatic heterocycles. The molecule has 6 nitrogen and oxygen atoms in total. The lowest BCUT2D eigenvalue weighted by molar-refractivity contribution is 0.0218. The molecule has 2 atom stereocenters. The van der Waals surface area contributed by atoms with E-state index in [-0.39, 0.29) is 24.2 Å². The highest BCUT2D eigenvalue weighted by molar-refractivity contribution is 7.91. The molecule has 0 radical (unpaired) electrons. The molecular formula is C12H19NO5S. The summed E-state index contributed by atoms with van der Waals surface area (Å²) in [7, 11) is -2.88. The lowest BCUT2D eigenvalue weighted by Gasteiger charge is -2.15. The Morgan fingerprint density at radius 1 is 1.58 bits per heavy atom. The normalized spacial score (nSPS) is 23.5. The molecule has 19 heavy (non-hydrogen) atoms. The maximum Gasteiger partial charge on any atom is 0.151 e. The monoisotopic (exact) mass is 289 g/mol. The number of nitrogens with one attached hydrogen (secondary N) is 1. The smallest absolute Gasteiger partial charge is 0.151 e. The van der Waals surface area contributed by atoms with E-state index in [2.05, 4.69) is 5.32 Å². The summed E-state index contributed by atoms with van der Waals surface area (Å²) < 4.78 is 32.9. The molecule has 0 aromatic carbocycles. The quantitative estimate of drug-likeness (QED) is 0.730. The van der Waals surface area contributed by atoms with Crippen molar-refractivity contribution < 1.29 is 22.7 Å². The van der Waals surface area contributed by atoms with Crippen LogP contribution in [-0.2, 0) is 21.2 Å². The number of aliphatic hydroxyl groups excluding tert-OH is 1. The van der Waals surface area contributed by atoms with Gasteiger partial charge in [-0.15, -0.1) is 0 Å². The van der Waals surface area contributed by atoms with Crippen molar-refractivity contribution in [1.29, 1.82) is 0 Å². The standard InChI is InChI=1S/C12H19NO5S/c14-11(7-17-8-12-2-1-4-18-12)6-13-10-3-5-19(15,16)9-10/h1-2,4,10-11,13-14H,3,5-9H2. The summed E-state index contributed by atoms with van der Waals surface area (Å²) in [6, 6.07) is 3.52. The molecule has 1 aromatic heterocycles. The van der Waals surface area contributed by atoms with Crippen molar-refractivity contribution in [2.24, 2.45) is 0 Å². The average molecular weight is 289 g/mol. The Morgan fingerprint density at radius 2 is 2.42 bits per heavy atom. The Bertz CT molecular complexity index is 470. The second-order valence-electron chi connectivity index (χ2n) is 4.76. The van der Waals surface area contributed by atoms with E-state index in [1.54, 1.807) is 18.4 Å². The van der Waals surface area contributed by atoms with Crippen molar-refractivity contribution in [3.05, 3.63) is 24.2 Å². The minimum atomic E-state index is -2.88. The fourth-order valence-electron chi connectivity index (χ4n) is 2.01. The average Bonchev–Trinajstić information content (AvgIpc) is 2.96. The maximum atomic E-state index is 11.3. The van der Waals surface area contributed by atoms with Crippen LogP contribution in [0.15, 0.2) is 22.8 Å². The first kappa shape index (κ1) is 14.5. The van der Waals surface area contributed by atoms with Crippen LogP contribution in [0.4, 0.5) is 0 Å². The van der Waals surface area contributed by atoms with Gasteiger partial charge in [-0.25, -0.2) is 8.42 Å². The second kappa shape index (κ2) is 6.51. The van der Waals surface area contributed by atoms with Gasteiger partial charge in [-0.3, -0.25) is 0 Å². The van der Waals surface area contributed by atoms with Crippen LogP contribution in [0.5, 0.6) is 0 Å². The highest BCUT2D eigenvalue weighted by Gasteiger charge is 2.27. The Kier molecular flexibility index (Phi) is 4.98. The zero-order valence-electron chi connectivity index (χ0n) is 10.6. The molecule has 1 aliphatic rings. The number of aliphatic hydroxyl groups is 1. The molecule has 0 amide bonds. The van der Waals surface area contributed by atoms with Gasteiger partial charge in [0, 0.05) is 12.6 Å². The van der Waals surface area contributed by atoms with Crippen LogP contribution in [0.3, 0.4) is 0 Å². The van der Waals surface area contributed by atoms with Crippen LogP contribution in [0, 0.1) is 0 Å². The first-order valence-electron chi connectivity index (χ1n) is 6.27. The van der Waals surface area contributed by atoms with Crippen molar-refractivity contribution in [3.8, 4) is 0 Å². The van der Waals surface area contributed by atoms with E-state index in [1.165, 1.54) is 0 Å². The third kappa shape index (κ3) is 4.94. The molecule has 2 N–H and O–H groups in total. The van der Waals surface area contributed by atoms with Gasteiger partial charge in [0.15, 0.2) is 9.84 Å². The van der Waals surface area contributed by atoms with Gasteiger partial charge < -0.3 is 19.6 Å². The largest absolute Gasteiger partial charge is 0.467 e. The third-order valence-corrected chi connectivity index (χ3v) is 4.78. The van der Waals surface area contributed by atoms with Crippen LogP contribution in [0.25, 0.3) is 0 Å². The first-order chi connectivity index (χ1) is 9.05. The van der Waals surface area contributed by atoms with Crippen LogP contribution in [0.1, 0.15) is 12.2 Å². The predicted molar refractivity (Wildman–Crippen MR) is 69.4 cm³/mol. The van der Waals surface area contributed by atoms with E-state index in [1.807, 2.05) is 0 Å². The highest BCUT2D eigenvalue weighted by Crippen LogP contribution is 2.11. The minimum Gasteiger partial charge on any atom is -0.467 e. The summed E-state index contributed by atoms with van der Waals surface area (Å²) in [5, 5.41) is 12.7. The molecule has 1 fully saturated rings. The van der Waals surface area contributed by atoms with Crippen LogP contribution >= 0.6 is 0 Å². The topological polar surface area (TPSA) is 88.8 Å². The van der Waals surface area contributed by atoms with Gasteiger partial charge in [-0.1, -0.05) is 0 Å². The van der Waals surface area contributed by atoms with Gasteiger partial charge in [0.05, 0.1) is 30.5 Å². The summed E-state index contributed by atoms with van der Waals surface area (Å²) in [6.45, 7) is 0.841. The Morgan fingerprint density at radius 3 is 3.05 bits per heavy atom. The zero-order valence-corrected chi connectivity index (χ0v) is 11.4. The molecule has 2 rings (SSSR count). The van der Waals surface area contributed by atoms with Crippen molar-refractivity contribution >= 4 is 9.84 Å². The van der Waals surface area contributed by atoms with E-state index in [9.17, 15) is 13.5 Å². The van der Waals surface area contributed by atoms with Gasteiger partial charge in [-0.2, -0.15) is 0 Å². The molecule has 108 valence electrons. The highest BCUT2D eigenvalue weighted by atomic mass is 32.2. The van der Waals surface area contributed by atoms with Crippen LogP contribution in [0.2, 0.25) is 0 Å². The Balaban J connectivity index is 1.58. The lowest BCUT2D eigenvalue weighted by atomic mass is 10.2. The molecule has 0 spiro atoms. The number of ether oxygens (including phenoxy) is 1. The second-order valence-corrected chi connectivity index (χ2v) is 6.99. The van der Waals surface area contributed by atoms with Gasteiger partial charge in [0.2, 0.25) is 0 Å². The summed E-state index contributed by atoms with van der Waals surface area (Å²) in [5.41, 5.74) is 0. The Hall–Kier alpha value is -0.890. The molecular weight excluding hydrogens is 270 g/mol. The summed E-state index contributed by atoms with van der Waals surface area (Å²) in [6.07, 6.45) is 1.53. The van der Waals surface area contributed by atoms with Crippen LogP contribution in [-0.4, -0.2) is 50.3 Å². The van der Waals surface area contributed by atoms with E-state index in [0.29, 0.717) is 25.3 Å². The minimum absolute atomic E-state index is 0.0512. The molecule has 0 aliphatic carbocycles. The fraction of sp³-hybridized carbons (Fsp3) is 0.667. The van der Waals surface area contributed by atoms with Gasteiger partial charge in [0.1, 0.15) is 12.4 Å². The summed E-state index contributed by atoms with van der Waals surface area (Å²) >= 11 is 0. The molecule has 1 saturated heterocycles. The first-order valence-corrected chi connectivity index (χ1v) is 8.09. The summed E-state index contributed by atoms with van der Waals surface area (Å²) in [5.74, 6) is 1.10. The Labute approximate surface area is 112 Å². The molecule has 0 saturated carbocycles. The molecule has 2 heterocycles. The zero-order chi connectivity index (χ0) is 13.7. The molecule has 0 bridgehead atoms. The fourth-order valence-corrected chi connectivity index (χ4v) is 3.72. The number of hydrogen-bond acceptors (Lipinski definition) is 6. The molecule has 2 unspecified atom stereocenters. The van der Waals surface area contributed by atoms with Crippen molar-refractivity contribution in [3.63, 3.8) is 0 Å². The van der Waals surface area contributed by atoms with Crippen molar-refractivity contribution in [2.75, 3.05) is 24.7 Å². The number of furan rings is 1. The van der Waals surface area contributed by atoms with E-state index < -0.39 is 15.9 Å². The van der Waals surface area contributed by atoms with Gasteiger partial charge >= 0.3 is 0 Å². The summed E-state index contributed by atoms with van der Waals surface area (Å²) in [4.78, 5) is 0. The predicted octanol–water partition coefficient (Wildman–Crippen LogP) is -0.0662. The van der Waals surface area contributed by atoms with E-state index in [0.717, 1.165) is 0 Å². The van der Waals surface area contributed by atoms with Gasteiger partial charge in [-0.05, 0) is 18.6 Å². The van der Waals surface area contributed by atoms with E-state index >= 15 is 0 Å². The third-order valence-electron chi connectivity index (χ3n) is 3.01. The number of hydrogen-bond donors (Lipinski definition) is 2.